The van der Waals surface area contributed by atoms with Gasteiger partial charge in [0.2, 0.25) is 0 Å². The molecule has 0 atom stereocenters. The lowest BCUT2D eigenvalue weighted by molar-refractivity contribution is -0.0498. The quantitative estimate of drug-likeness (QED) is 0.470. The van der Waals surface area contributed by atoms with E-state index in [-0.39, 0.29) is 23.6 Å². The number of anilines is 1. The fourth-order valence-corrected chi connectivity index (χ4v) is 1.19. The minimum Gasteiger partial charge on any atom is -0.462 e. The van der Waals surface area contributed by atoms with E-state index in [2.05, 4.69) is 10.2 Å². The van der Waals surface area contributed by atoms with Gasteiger partial charge in [0.15, 0.2) is 0 Å². The SMILES string of the molecule is CCOC(=O)c1cc(NN)cc(OC(F)F)c1. The van der Waals surface area contributed by atoms with Gasteiger partial charge in [-0.25, -0.2) is 4.79 Å². The second-order valence-electron chi connectivity index (χ2n) is 2.99. The first-order valence-electron chi connectivity index (χ1n) is 4.80. The molecule has 7 heteroatoms. The molecule has 0 aliphatic rings. The third-order valence-electron chi connectivity index (χ3n) is 1.81. The Bertz CT molecular complexity index is 399. The lowest BCUT2D eigenvalue weighted by atomic mass is 10.2. The van der Waals surface area contributed by atoms with Crippen molar-refractivity contribution in [2.75, 3.05) is 12.0 Å². The summed E-state index contributed by atoms with van der Waals surface area (Å²) in [5.41, 5.74) is 2.60. The first-order valence-corrected chi connectivity index (χ1v) is 4.80. The normalized spacial score (nSPS) is 10.2. The molecular weight excluding hydrogens is 234 g/mol. The molecule has 0 unspecified atom stereocenters. The van der Waals surface area contributed by atoms with E-state index in [0.717, 1.165) is 6.07 Å². The van der Waals surface area contributed by atoms with E-state index in [1.807, 2.05) is 0 Å². The summed E-state index contributed by atoms with van der Waals surface area (Å²) in [7, 11) is 0. The molecule has 1 aromatic carbocycles. The molecular formula is C10H12F2N2O3. The molecule has 1 aromatic rings. The van der Waals surface area contributed by atoms with Crippen molar-refractivity contribution in [3.63, 3.8) is 0 Å². The van der Waals surface area contributed by atoms with Crippen LogP contribution in [-0.2, 0) is 4.74 Å². The Morgan fingerprint density at radius 1 is 1.47 bits per heavy atom. The number of nitrogens with one attached hydrogen (secondary N) is 1. The summed E-state index contributed by atoms with van der Waals surface area (Å²) in [6.45, 7) is -1.15. The van der Waals surface area contributed by atoms with Gasteiger partial charge in [0.1, 0.15) is 5.75 Å². The summed E-state index contributed by atoms with van der Waals surface area (Å²) in [4.78, 5) is 11.4. The van der Waals surface area contributed by atoms with Gasteiger partial charge in [-0.3, -0.25) is 5.84 Å². The van der Waals surface area contributed by atoms with Crippen LogP contribution in [0.3, 0.4) is 0 Å². The number of ether oxygens (including phenoxy) is 2. The molecule has 0 heterocycles. The Morgan fingerprint density at radius 3 is 2.71 bits per heavy atom. The maximum absolute atomic E-state index is 12.0. The first-order chi connectivity index (χ1) is 8.06. The van der Waals surface area contributed by atoms with Crippen molar-refractivity contribution in [1.29, 1.82) is 0 Å². The summed E-state index contributed by atoms with van der Waals surface area (Å²) in [6, 6.07) is 3.77. The molecule has 0 spiro atoms. The van der Waals surface area contributed by atoms with Crippen molar-refractivity contribution in [3.05, 3.63) is 23.8 Å². The van der Waals surface area contributed by atoms with Gasteiger partial charge >= 0.3 is 12.6 Å². The second-order valence-corrected chi connectivity index (χ2v) is 2.99. The van der Waals surface area contributed by atoms with Crippen LogP contribution in [0.25, 0.3) is 0 Å². The van der Waals surface area contributed by atoms with Gasteiger partial charge in [-0.15, -0.1) is 0 Å². The minimum absolute atomic E-state index is 0.0814. The average molecular weight is 246 g/mol. The van der Waals surface area contributed by atoms with Crippen LogP contribution in [0.2, 0.25) is 0 Å². The Balaban J connectivity index is 3.00. The smallest absolute Gasteiger partial charge is 0.387 e. The Kier molecular flexibility index (Phi) is 4.65. The number of carbonyl (C=O) groups is 1. The Morgan fingerprint density at radius 2 is 2.18 bits per heavy atom. The van der Waals surface area contributed by atoms with Crippen molar-refractivity contribution in [2.45, 2.75) is 13.5 Å². The minimum atomic E-state index is -2.97. The molecule has 17 heavy (non-hydrogen) atoms. The number of esters is 1. The van der Waals surface area contributed by atoms with E-state index >= 15 is 0 Å². The number of halogens is 2. The van der Waals surface area contributed by atoms with Crippen LogP contribution in [0.4, 0.5) is 14.5 Å². The Hall–Kier alpha value is -1.89. The van der Waals surface area contributed by atoms with Crippen LogP contribution in [0.1, 0.15) is 17.3 Å². The highest BCUT2D eigenvalue weighted by molar-refractivity contribution is 5.91. The summed E-state index contributed by atoms with van der Waals surface area (Å²) in [5.74, 6) is 4.34. The third-order valence-corrected chi connectivity index (χ3v) is 1.81. The molecule has 94 valence electrons. The van der Waals surface area contributed by atoms with E-state index < -0.39 is 12.6 Å². The number of hydrogen-bond acceptors (Lipinski definition) is 5. The zero-order valence-electron chi connectivity index (χ0n) is 9.07. The van der Waals surface area contributed by atoms with Gasteiger partial charge in [-0.05, 0) is 19.1 Å². The number of alkyl halides is 2. The average Bonchev–Trinajstić information content (AvgIpc) is 2.28. The van der Waals surface area contributed by atoms with Gasteiger partial charge in [0, 0.05) is 6.07 Å². The van der Waals surface area contributed by atoms with Crippen molar-refractivity contribution in [1.82, 2.24) is 0 Å². The molecule has 5 nitrogen and oxygen atoms in total. The molecule has 3 N–H and O–H groups in total. The predicted octanol–water partition coefficient (Wildman–Crippen LogP) is 1.75. The van der Waals surface area contributed by atoms with Crippen LogP contribution in [-0.4, -0.2) is 19.2 Å². The van der Waals surface area contributed by atoms with Crippen LogP contribution in [0, 0.1) is 0 Å². The van der Waals surface area contributed by atoms with Gasteiger partial charge in [-0.1, -0.05) is 0 Å². The summed E-state index contributed by atoms with van der Waals surface area (Å²) in [6.07, 6.45) is 0. The van der Waals surface area contributed by atoms with Gasteiger partial charge in [-0.2, -0.15) is 8.78 Å². The molecule has 0 saturated heterocycles. The summed E-state index contributed by atoms with van der Waals surface area (Å²) >= 11 is 0. The zero-order valence-corrected chi connectivity index (χ0v) is 9.07. The van der Waals surface area contributed by atoms with Crippen molar-refractivity contribution in [3.8, 4) is 5.75 Å². The van der Waals surface area contributed by atoms with E-state index in [0.29, 0.717) is 0 Å². The van der Waals surface area contributed by atoms with Crippen molar-refractivity contribution >= 4 is 11.7 Å². The van der Waals surface area contributed by atoms with E-state index in [4.69, 9.17) is 10.6 Å². The molecule has 1 rings (SSSR count). The van der Waals surface area contributed by atoms with Gasteiger partial charge < -0.3 is 14.9 Å². The highest BCUT2D eigenvalue weighted by Crippen LogP contribution is 2.22. The molecule has 0 bridgehead atoms. The largest absolute Gasteiger partial charge is 0.462 e. The highest BCUT2D eigenvalue weighted by atomic mass is 19.3. The lowest BCUT2D eigenvalue weighted by Gasteiger charge is -2.09. The van der Waals surface area contributed by atoms with E-state index in [1.54, 1.807) is 6.92 Å². The first kappa shape index (κ1) is 13.2. The standard InChI is InChI=1S/C10H12F2N2O3/c1-2-16-9(15)6-3-7(14-13)5-8(4-6)17-10(11)12/h3-5,10,14H,2,13H2,1H3. The molecule has 0 fully saturated rings. The summed E-state index contributed by atoms with van der Waals surface area (Å²) < 4.78 is 33.0. The fraction of sp³-hybridized carbons (Fsp3) is 0.300. The van der Waals surface area contributed by atoms with E-state index in [9.17, 15) is 13.6 Å². The number of hydrogen-bond donors (Lipinski definition) is 2. The topological polar surface area (TPSA) is 73.6 Å². The molecule has 0 aliphatic carbocycles. The number of nitrogens with two attached hydrogens (primary N) is 1. The maximum atomic E-state index is 12.0. The predicted molar refractivity (Wildman–Crippen MR) is 56.8 cm³/mol. The summed E-state index contributed by atoms with van der Waals surface area (Å²) in [5, 5.41) is 0. The second kappa shape index (κ2) is 6.00. The van der Waals surface area contributed by atoms with Crippen molar-refractivity contribution < 1.29 is 23.0 Å². The van der Waals surface area contributed by atoms with Crippen LogP contribution < -0.4 is 16.0 Å². The number of rotatable bonds is 5. The number of hydrazine groups is 1. The Labute approximate surface area is 96.5 Å². The van der Waals surface area contributed by atoms with Gasteiger partial charge in [0.25, 0.3) is 0 Å². The fourth-order valence-electron chi connectivity index (χ4n) is 1.19. The molecule has 0 radical (unpaired) electrons. The number of nitrogen functional groups attached to an aromatic ring is 1. The lowest BCUT2D eigenvalue weighted by Crippen LogP contribution is -2.11. The van der Waals surface area contributed by atoms with Crippen LogP contribution >= 0.6 is 0 Å². The molecule has 0 saturated carbocycles. The zero-order chi connectivity index (χ0) is 12.8. The molecule has 0 amide bonds. The van der Waals surface area contributed by atoms with Gasteiger partial charge in [0.05, 0.1) is 17.9 Å². The molecule has 0 aliphatic heterocycles. The highest BCUT2D eigenvalue weighted by Gasteiger charge is 2.12. The molecule has 0 aromatic heterocycles. The maximum Gasteiger partial charge on any atom is 0.387 e. The monoisotopic (exact) mass is 246 g/mol. The van der Waals surface area contributed by atoms with Crippen LogP contribution in [0.5, 0.6) is 5.75 Å². The number of carbonyl (C=O) groups excluding carboxylic acids is 1. The van der Waals surface area contributed by atoms with Crippen molar-refractivity contribution in [2.24, 2.45) is 5.84 Å². The third kappa shape index (κ3) is 3.87. The van der Waals surface area contributed by atoms with Crippen LogP contribution in [0.15, 0.2) is 18.2 Å². The van der Waals surface area contributed by atoms with E-state index in [1.165, 1.54) is 12.1 Å². The number of benzene rings is 1.